The zero-order valence-corrected chi connectivity index (χ0v) is 13.8. The van der Waals surface area contributed by atoms with E-state index in [-0.39, 0.29) is 11.5 Å². The summed E-state index contributed by atoms with van der Waals surface area (Å²) in [7, 11) is -2.86. The second kappa shape index (κ2) is 5.94. The second-order valence-corrected chi connectivity index (χ2v) is 8.47. The summed E-state index contributed by atoms with van der Waals surface area (Å²) >= 11 is 3.62. The molecule has 0 saturated carbocycles. The second-order valence-electron chi connectivity index (χ2n) is 5.15. The Bertz CT molecular complexity index is 569. The fraction of sp³-hybridized carbons (Fsp3) is 0.571. The third-order valence-corrected chi connectivity index (χ3v) is 6.05. The van der Waals surface area contributed by atoms with Gasteiger partial charge >= 0.3 is 0 Å². The number of halogens is 1. The molecular weight excluding hydrogens is 326 g/mol. The van der Waals surface area contributed by atoms with Crippen LogP contribution in [0.15, 0.2) is 16.6 Å². The van der Waals surface area contributed by atoms with Crippen molar-refractivity contribution in [2.75, 3.05) is 24.6 Å². The predicted octanol–water partition coefficient (Wildman–Crippen LogP) is 2.55. The molecule has 0 N–H and O–H groups in total. The molecule has 0 bridgehead atoms. The van der Waals surface area contributed by atoms with E-state index in [0.717, 1.165) is 19.5 Å². The van der Waals surface area contributed by atoms with Crippen molar-refractivity contribution in [3.63, 3.8) is 0 Å². The van der Waals surface area contributed by atoms with Gasteiger partial charge in [-0.15, -0.1) is 0 Å². The van der Waals surface area contributed by atoms with E-state index >= 15 is 0 Å². The van der Waals surface area contributed by atoms with Crippen molar-refractivity contribution in [3.05, 3.63) is 33.3 Å². The molecule has 1 aliphatic heterocycles. The topological polar surface area (TPSA) is 37.4 Å². The fourth-order valence-corrected chi connectivity index (χ4v) is 4.10. The van der Waals surface area contributed by atoms with Crippen molar-refractivity contribution in [1.29, 1.82) is 0 Å². The molecule has 0 fully saturated rings. The zero-order chi connectivity index (χ0) is 14.0. The van der Waals surface area contributed by atoms with Gasteiger partial charge in [0.2, 0.25) is 0 Å². The summed E-state index contributed by atoms with van der Waals surface area (Å²) in [6, 6.07) is 4.36. The standard InChI is InChI=1S/C14H20BrNO2S/c1-3-19(17,18)7-6-16-5-4-13-12(10-16)8-11(2)9-14(13)15/h8-9H,3-7,10H2,1-2H3. The van der Waals surface area contributed by atoms with Crippen molar-refractivity contribution in [2.45, 2.75) is 26.8 Å². The molecule has 0 amide bonds. The van der Waals surface area contributed by atoms with Crippen LogP contribution in [0.1, 0.15) is 23.6 Å². The number of hydrogen-bond donors (Lipinski definition) is 0. The molecule has 106 valence electrons. The first-order valence-electron chi connectivity index (χ1n) is 6.62. The highest BCUT2D eigenvalue weighted by molar-refractivity contribution is 9.10. The highest BCUT2D eigenvalue weighted by Gasteiger charge is 2.20. The number of benzene rings is 1. The van der Waals surface area contributed by atoms with Crippen molar-refractivity contribution in [1.82, 2.24) is 4.90 Å². The maximum atomic E-state index is 11.6. The summed E-state index contributed by atoms with van der Waals surface area (Å²) in [5, 5.41) is 0. The van der Waals surface area contributed by atoms with Gasteiger partial charge in [-0.2, -0.15) is 0 Å². The van der Waals surface area contributed by atoms with Gasteiger partial charge in [-0.1, -0.05) is 28.9 Å². The lowest BCUT2D eigenvalue weighted by Crippen LogP contribution is -2.34. The predicted molar refractivity (Wildman–Crippen MR) is 82.2 cm³/mol. The summed E-state index contributed by atoms with van der Waals surface area (Å²) in [6.45, 7) is 6.23. The largest absolute Gasteiger partial charge is 0.298 e. The zero-order valence-electron chi connectivity index (χ0n) is 11.4. The third kappa shape index (κ3) is 3.80. The van der Waals surface area contributed by atoms with Gasteiger partial charge in [0.1, 0.15) is 0 Å². The van der Waals surface area contributed by atoms with Gasteiger partial charge < -0.3 is 0 Å². The molecule has 0 atom stereocenters. The van der Waals surface area contributed by atoms with Crippen LogP contribution < -0.4 is 0 Å². The molecule has 1 aromatic rings. The molecule has 1 heterocycles. The lowest BCUT2D eigenvalue weighted by molar-refractivity contribution is 0.268. The Hall–Kier alpha value is -0.390. The van der Waals surface area contributed by atoms with Gasteiger partial charge in [0.15, 0.2) is 9.84 Å². The summed E-state index contributed by atoms with van der Waals surface area (Å²) in [5.74, 6) is 0.508. The maximum Gasteiger partial charge on any atom is 0.151 e. The van der Waals surface area contributed by atoms with E-state index in [2.05, 4.69) is 39.9 Å². The molecule has 3 nitrogen and oxygen atoms in total. The Morgan fingerprint density at radius 1 is 1.37 bits per heavy atom. The first-order valence-corrected chi connectivity index (χ1v) is 9.23. The first kappa shape index (κ1) is 15.0. The molecule has 0 aliphatic carbocycles. The van der Waals surface area contributed by atoms with Crippen molar-refractivity contribution in [3.8, 4) is 0 Å². The highest BCUT2D eigenvalue weighted by atomic mass is 79.9. The molecule has 0 spiro atoms. The summed E-state index contributed by atoms with van der Waals surface area (Å²) < 4.78 is 24.3. The molecular formula is C14H20BrNO2S. The van der Waals surface area contributed by atoms with E-state index in [1.165, 1.54) is 21.2 Å². The average molecular weight is 346 g/mol. The normalized spacial score (nSPS) is 16.4. The van der Waals surface area contributed by atoms with E-state index < -0.39 is 9.84 Å². The minimum Gasteiger partial charge on any atom is -0.298 e. The van der Waals surface area contributed by atoms with Crippen LogP contribution in [-0.2, 0) is 22.8 Å². The summed E-state index contributed by atoms with van der Waals surface area (Å²) in [5.41, 5.74) is 3.95. The number of nitrogens with zero attached hydrogens (tertiary/aromatic N) is 1. The van der Waals surface area contributed by atoms with E-state index in [4.69, 9.17) is 0 Å². The number of rotatable bonds is 4. The fourth-order valence-electron chi connectivity index (χ4n) is 2.46. The number of fused-ring (bicyclic) bond motifs is 1. The van der Waals surface area contributed by atoms with Gasteiger partial charge in [-0.3, -0.25) is 4.90 Å². The molecule has 0 radical (unpaired) electrons. The van der Waals surface area contributed by atoms with Gasteiger partial charge in [-0.05, 0) is 36.1 Å². The summed E-state index contributed by atoms with van der Waals surface area (Å²) in [4.78, 5) is 2.24. The first-order chi connectivity index (χ1) is 8.91. The smallest absolute Gasteiger partial charge is 0.151 e. The molecule has 1 aliphatic rings. The lowest BCUT2D eigenvalue weighted by Gasteiger charge is -2.29. The van der Waals surface area contributed by atoms with Crippen molar-refractivity contribution >= 4 is 25.8 Å². The highest BCUT2D eigenvalue weighted by Crippen LogP contribution is 2.27. The van der Waals surface area contributed by atoms with Crippen LogP contribution in [0.4, 0.5) is 0 Å². The minimum absolute atomic E-state index is 0.238. The third-order valence-electron chi connectivity index (χ3n) is 3.66. The van der Waals surface area contributed by atoms with Crippen LogP contribution in [0.5, 0.6) is 0 Å². The molecule has 19 heavy (non-hydrogen) atoms. The average Bonchev–Trinajstić information content (AvgIpc) is 2.36. The Kier molecular flexibility index (Phi) is 4.69. The molecule has 0 saturated heterocycles. The Morgan fingerprint density at radius 3 is 2.79 bits per heavy atom. The van der Waals surface area contributed by atoms with Crippen LogP contribution in [0.25, 0.3) is 0 Å². The molecule has 0 aromatic heterocycles. The maximum absolute atomic E-state index is 11.6. The lowest BCUT2D eigenvalue weighted by atomic mass is 9.98. The molecule has 2 rings (SSSR count). The number of sulfone groups is 1. The van der Waals surface area contributed by atoms with Crippen molar-refractivity contribution < 1.29 is 8.42 Å². The van der Waals surface area contributed by atoms with Gasteiger partial charge in [0.25, 0.3) is 0 Å². The molecule has 1 aromatic carbocycles. The monoisotopic (exact) mass is 345 g/mol. The summed E-state index contributed by atoms with van der Waals surface area (Å²) in [6.07, 6.45) is 0.988. The van der Waals surface area contributed by atoms with E-state index in [0.29, 0.717) is 6.54 Å². The van der Waals surface area contributed by atoms with Gasteiger partial charge in [0.05, 0.1) is 5.75 Å². The molecule has 5 heteroatoms. The van der Waals surface area contributed by atoms with Crippen LogP contribution in [0, 0.1) is 6.92 Å². The minimum atomic E-state index is -2.86. The van der Waals surface area contributed by atoms with Gasteiger partial charge in [-0.25, -0.2) is 8.42 Å². The quantitative estimate of drug-likeness (QED) is 0.841. The van der Waals surface area contributed by atoms with Crippen molar-refractivity contribution in [2.24, 2.45) is 0 Å². The van der Waals surface area contributed by atoms with E-state index in [1.54, 1.807) is 6.92 Å². The van der Waals surface area contributed by atoms with Crippen LogP contribution in [-0.4, -0.2) is 37.9 Å². The van der Waals surface area contributed by atoms with Crippen LogP contribution >= 0.6 is 15.9 Å². The van der Waals surface area contributed by atoms with Crippen LogP contribution in [0.3, 0.4) is 0 Å². The number of hydrogen-bond acceptors (Lipinski definition) is 3. The van der Waals surface area contributed by atoms with E-state index in [1.807, 2.05) is 0 Å². The van der Waals surface area contributed by atoms with Crippen LogP contribution in [0.2, 0.25) is 0 Å². The Labute approximate surface area is 124 Å². The SMILES string of the molecule is CCS(=O)(=O)CCN1CCc2c(Br)cc(C)cc2C1. The Balaban J connectivity index is 2.06. The Morgan fingerprint density at radius 2 is 2.11 bits per heavy atom. The van der Waals surface area contributed by atoms with Gasteiger partial charge in [0, 0.05) is 29.9 Å². The van der Waals surface area contributed by atoms with E-state index in [9.17, 15) is 8.42 Å². The molecule has 0 unspecified atom stereocenters. The number of aryl methyl sites for hydroxylation is 1.